The number of anilines is 1. The van der Waals surface area contributed by atoms with Gasteiger partial charge in [-0.2, -0.15) is 0 Å². The standard InChI is InChI=1S/C18H11Cl2N3O5/c19-10-5-11(20)7-12(6-10)22-16(24)9-18(17(22)25)8-14(21-28-18)13-3-1-2-4-15(13)23(26)27/h1-7H,8-9H2. The third-order valence-electron chi connectivity index (χ3n) is 4.58. The van der Waals surface area contributed by atoms with Gasteiger partial charge in [-0.15, -0.1) is 0 Å². The number of nitro groups is 1. The molecule has 142 valence electrons. The number of nitrogens with zero attached hydrogens (tertiary/aromatic N) is 3. The lowest BCUT2D eigenvalue weighted by Crippen LogP contribution is -2.40. The molecule has 2 aromatic rings. The number of rotatable bonds is 3. The topological polar surface area (TPSA) is 102 Å². The molecule has 0 saturated carbocycles. The molecule has 1 spiro atoms. The first-order valence-corrected chi connectivity index (χ1v) is 8.89. The second kappa shape index (κ2) is 6.57. The number of nitro benzene ring substituents is 1. The molecule has 8 nitrogen and oxygen atoms in total. The van der Waals surface area contributed by atoms with E-state index in [1.165, 1.54) is 36.4 Å². The Hall–Kier alpha value is -2.97. The van der Waals surface area contributed by atoms with Crippen LogP contribution < -0.4 is 4.90 Å². The average molecular weight is 420 g/mol. The van der Waals surface area contributed by atoms with Crippen LogP contribution in [0.25, 0.3) is 0 Å². The van der Waals surface area contributed by atoms with Crippen molar-refractivity contribution >= 4 is 52.1 Å². The smallest absolute Gasteiger partial charge is 0.281 e. The summed E-state index contributed by atoms with van der Waals surface area (Å²) in [7, 11) is 0. The van der Waals surface area contributed by atoms with E-state index in [2.05, 4.69) is 5.16 Å². The van der Waals surface area contributed by atoms with Gasteiger partial charge in [0, 0.05) is 22.5 Å². The van der Waals surface area contributed by atoms with Gasteiger partial charge in [0.2, 0.25) is 11.5 Å². The molecule has 4 rings (SSSR count). The van der Waals surface area contributed by atoms with Crippen LogP contribution in [0.2, 0.25) is 10.0 Å². The number of amides is 2. The van der Waals surface area contributed by atoms with Gasteiger partial charge in [0.15, 0.2) is 0 Å². The van der Waals surface area contributed by atoms with Gasteiger partial charge in [-0.3, -0.25) is 19.7 Å². The van der Waals surface area contributed by atoms with E-state index < -0.39 is 22.3 Å². The highest BCUT2D eigenvalue weighted by Gasteiger charge is 2.58. The van der Waals surface area contributed by atoms with E-state index in [4.69, 9.17) is 28.0 Å². The molecular formula is C18H11Cl2N3O5. The number of halogens is 2. The summed E-state index contributed by atoms with van der Waals surface area (Å²) >= 11 is 11.9. The van der Waals surface area contributed by atoms with Crippen molar-refractivity contribution in [2.24, 2.45) is 5.16 Å². The highest BCUT2D eigenvalue weighted by molar-refractivity contribution is 6.36. The van der Waals surface area contributed by atoms with E-state index in [-0.39, 0.29) is 45.5 Å². The molecule has 0 aliphatic carbocycles. The van der Waals surface area contributed by atoms with Crippen LogP contribution in [0.5, 0.6) is 0 Å². The van der Waals surface area contributed by atoms with Gasteiger partial charge >= 0.3 is 0 Å². The molecule has 10 heteroatoms. The molecule has 2 aliphatic rings. The third kappa shape index (κ3) is 2.90. The van der Waals surface area contributed by atoms with Gasteiger partial charge in [0.1, 0.15) is 0 Å². The molecule has 28 heavy (non-hydrogen) atoms. The highest BCUT2D eigenvalue weighted by atomic mass is 35.5. The average Bonchev–Trinajstić information content (AvgIpc) is 3.15. The van der Waals surface area contributed by atoms with E-state index >= 15 is 0 Å². The second-order valence-corrected chi connectivity index (χ2v) is 7.29. The summed E-state index contributed by atoms with van der Waals surface area (Å²) < 4.78 is 0. The fourth-order valence-corrected chi connectivity index (χ4v) is 3.87. The van der Waals surface area contributed by atoms with Crippen molar-refractivity contribution in [2.75, 3.05) is 4.90 Å². The number of carbonyl (C=O) groups is 2. The molecule has 1 unspecified atom stereocenters. The summed E-state index contributed by atoms with van der Waals surface area (Å²) in [4.78, 5) is 42.7. The number of para-hydroxylation sites is 1. The van der Waals surface area contributed by atoms with Crippen LogP contribution in [0.1, 0.15) is 18.4 Å². The molecule has 1 atom stereocenters. The number of hydrogen-bond donors (Lipinski definition) is 0. The fourth-order valence-electron chi connectivity index (χ4n) is 3.35. The van der Waals surface area contributed by atoms with E-state index in [0.717, 1.165) is 4.90 Å². The van der Waals surface area contributed by atoms with E-state index in [9.17, 15) is 19.7 Å². The Morgan fingerprint density at radius 2 is 1.79 bits per heavy atom. The van der Waals surface area contributed by atoms with Crippen molar-refractivity contribution in [1.29, 1.82) is 0 Å². The van der Waals surface area contributed by atoms with Crippen LogP contribution in [-0.2, 0) is 14.4 Å². The monoisotopic (exact) mass is 419 g/mol. The van der Waals surface area contributed by atoms with E-state index in [1.807, 2.05) is 0 Å². The number of benzene rings is 2. The van der Waals surface area contributed by atoms with Gasteiger partial charge in [0.05, 0.1) is 28.3 Å². The van der Waals surface area contributed by atoms with E-state index in [1.54, 1.807) is 6.07 Å². The van der Waals surface area contributed by atoms with E-state index in [0.29, 0.717) is 0 Å². The Morgan fingerprint density at radius 1 is 1.11 bits per heavy atom. The van der Waals surface area contributed by atoms with Gasteiger partial charge in [-0.1, -0.05) is 40.5 Å². The third-order valence-corrected chi connectivity index (χ3v) is 5.02. The van der Waals surface area contributed by atoms with Gasteiger partial charge in [-0.05, 0) is 24.3 Å². The van der Waals surface area contributed by atoms with Crippen LogP contribution in [0.15, 0.2) is 47.6 Å². The lowest BCUT2D eigenvalue weighted by molar-refractivity contribution is -0.385. The molecule has 0 aromatic heterocycles. The Bertz CT molecular complexity index is 1050. The van der Waals surface area contributed by atoms with Crippen molar-refractivity contribution in [2.45, 2.75) is 18.4 Å². The van der Waals surface area contributed by atoms with Crippen LogP contribution >= 0.6 is 23.2 Å². The Labute approximate surface area is 168 Å². The molecule has 0 bridgehead atoms. The minimum atomic E-state index is -1.54. The Kier molecular flexibility index (Phi) is 4.32. The van der Waals surface area contributed by atoms with Gasteiger partial charge in [-0.25, -0.2) is 4.90 Å². The lowest BCUT2D eigenvalue weighted by atomic mass is 9.92. The second-order valence-electron chi connectivity index (χ2n) is 6.41. The molecule has 1 saturated heterocycles. The first-order chi connectivity index (χ1) is 13.3. The SMILES string of the molecule is O=C1CC2(CC(c3ccccc3[N+](=O)[O-])=NO2)C(=O)N1c1cc(Cl)cc(Cl)c1. The maximum absolute atomic E-state index is 13.0. The van der Waals surface area contributed by atoms with Crippen molar-refractivity contribution in [3.8, 4) is 0 Å². The molecular weight excluding hydrogens is 409 g/mol. The lowest BCUT2D eigenvalue weighted by Gasteiger charge is -2.19. The zero-order chi connectivity index (χ0) is 20.1. The predicted molar refractivity (Wildman–Crippen MR) is 102 cm³/mol. The molecule has 2 aromatic carbocycles. The summed E-state index contributed by atoms with van der Waals surface area (Å²) in [5.41, 5.74) is -0.983. The predicted octanol–water partition coefficient (Wildman–Crippen LogP) is 3.73. The van der Waals surface area contributed by atoms with Crippen LogP contribution in [0.3, 0.4) is 0 Å². The Balaban J connectivity index is 1.66. The summed E-state index contributed by atoms with van der Waals surface area (Å²) in [6.07, 6.45) is -0.309. The summed E-state index contributed by atoms with van der Waals surface area (Å²) in [5, 5.41) is 15.7. The molecule has 0 N–H and O–H groups in total. The largest absolute Gasteiger partial charge is 0.378 e. The summed E-state index contributed by atoms with van der Waals surface area (Å²) in [6.45, 7) is 0. The minimum absolute atomic E-state index is 0.0623. The molecule has 2 heterocycles. The number of carbonyl (C=O) groups excluding carboxylic acids is 2. The maximum Gasteiger partial charge on any atom is 0.281 e. The summed E-state index contributed by atoms with van der Waals surface area (Å²) in [5.74, 6) is -1.12. The number of imide groups is 1. The van der Waals surface area contributed by atoms with Gasteiger partial charge < -0.3 is 4.84 Å². The number of oxime groups is 1. The zero-order valence-corrected chi connectivity index (χ0v) is 15.6. The first kappa shape index (κ1) is 18.4. The van der Waals surface area contributed by atoms with Crippen molar-refractivity contribution in [3.63, 3.8) is 0 Å². The van der Waals surface area contributed by atoms with Gasteiger partial charge in [0.25, 0.3) is 11.6 Å². The maximum atomic E-state index is 13.0. The molecule has 1 fully saturated rings. The fraction of sp³-hybridized carbons (Fsp3) is 0.167. The quantitative estimate of drug-likeness (QED) is 0.428. The van der Waals surface area contributed by atoms with Crippen molar-refractivity contribution in [1.82, 2.24) is 0 Å². The minimum Gasteiger partial charge on any atom is -0.378 e. The highest BCUT2D eigenvalue weighted by Crippen LogP contribution is 2.41. The summed E-state index contributed by atoms with van der Waals surface area (Å²) in [6, 6.07) is 10.4. The Morgan fingerprint density at radius 3 is 2.46 bits per heavy atom. The molecule has 2 aliphatic heterocycles. The first-order valence-electron chi connectivity index (χ1n) is 8.13. The normalized spacial score (nSPS) is 21.2. The number of hydrogen-bond acceptors (Lipinski definition) is 6. The zero-order valence-electron chi connectivity index (χ0n) is 14.1. The van der Waals surface area contributed by atoms with Crippen LogP contribution in [0, 0.1) is 10.1 Å². The molecule has 2 amide bonds. The van der Waals surface area contributed by atoms with Crippen molar-refractivity contribution in [3.05, 3.63) is 68.2 Å². The van der Waals surface area contributed by atoms with Crippen LogP contribution in [0.4, 0.5) is 11.4 Å². The molecule has 0 radical (unpaired) electrons. The van der Waals surface area contributed by atoms with Crippen LogP contribution in [-0.4, -0.2) is 28.1 Å². The van der Waals surface area contributed by atoms with Crippen molar-refractivity contribution < 1.29 is 19.3 Å².